The van der Waals surface area contributed by atoms with E-state index in [1.165, 1.54) is 5.69 Å². The quantitative estimate of drug-likeness (QED) is 0.770. The van der Waals surface area contributed by atoms with Crippen LogP contribution < -0.4 is 5.73 Å². The number of hydrogen-bond donors (Lipinski definition) is 1. The van der Waals surface area contributed by atoms with Crippen LogP contribution in [0.25, 0.3) is 0 Å². The van der Waals surface area contributed by atoms with Crippen molar-refractivity contribution in [2.45, 2.75) is 33.7 Å². The van der Waals surface area contributed by atoms with Crippen LogP contribution in [0.5, 0.6) is 0 Å². The maximum atomic E-state index is 5.74. The van der Waals surface area contributed by atoms with Crippen molar-refractivity contribution < 1.29 is 0 Å². The summed E-state index contributed by atoms with van der Waals surface area (Å²) in [7, 11) is 0. The number of rotatable bonds is 3. The molecule has 0 radical (unpaired) electrons. The predicted molar refractivity (Wildman–Crippen MR) is 54.6 cm³/mol. The summed E-state index contributed by atoms with van der Waals surface area (Å²) in [6.45, 7) is 9.17. The molecule has 0 aliphatic carbocycles. The second-order valence-corrected chi connectivity index (χ2v) is 3.87. The van der Waals surface area contributed by atoms with Crippen molar-refractivity contribution in [1.29, 1.82) is 0 Å². The lowest BCUT2D eigenvalue weighted by Gasteiger charge is -2.22. The van der Waals surface area contributed by atoms with E-state index in [4.69, 9.17) is 5.73 Å². The SMILES string of the molecule is Cc1ncn(C(CN)C(C)C)c1C. The Bertz CT molecular complexity index is 276. The maximum Gasteiger partial charge on any atom is 0.0954 e. The summed E-state index contributed by atoms with van der Waals surface area (Å²) >= 11 is 0. The second-order valence-electron chi connectivity index (χ2n) is 3.87. The van der Waals surface area contributed by atoms with Gasteiger partial charge in [0.05, 0.1) is 12.0 Å². The molecular formula is C10H19N3. The molecule has 0 bridgehead atoms. The highest BCUT2D eigenvalue weighted by molar-refractivity contribution is 5.10. The Balaban J connectivity index is 2.98. The van der Waals surface area contributed by atoms with Crippen molar-refractivity contribution in [3.63, 3.8) is 0 Å². The molecule has 1 rings (SSSR count). The highest BCUT2D eigenvalue weighted by Crippen LogP contribution is 2.19. The van der Waals surface area contributed by atoms with Crippen LogP contribution in [0.4, 0.5) is 0 Å². The molecule has 0 aliphatic heterocycles. The van der Waals surface area contributed by atoms with Gasteiger partial charge in [0.2, 0.25) is 0 Å². The molecular weight excluding hydrogens is 162 g/mol. The van der Waals surface area contributed by atoms with E-state index >= 15 is 0 Å². The molecule has 0 fully saturated rings. The lowest BCUT2D eigenvalue weighted by atomic mass is 10.0. The van der Waals surface area contributed by atoms with Gasteiger partial charge < -0.3 is 10.3 Å². The van der Waals surface area contributed by atoms with Gasteiger partial charge in [-0.3, -0.25) is 0 Å². The van der Waals surface area contributed by atoms with Gasteiger partial charge in [-0.15, -0.1) is 0 Å². The van der Waals surface area contributed by atoms with Crippen molar-refractivity contribution in [2.24, 2.45) is 11.7 Å². The molecule has 1 aromatic heterocycles. The van der Waals surface area contributed by atoms with Crippen LogP contribution in [0.2, 0.25) is 0 Å². The van der Waals surface area contributed by atoms with Gasteiger partial charge in [-0.25, -0.2) is 4.98 Å². The summed E-state index contributed by atoms with van der Waals surface area (Å²) in [6.07, 6.45) is 1.89. The zero-order valence-electron chi connectivity index (χ0n) is 8.91. The summed E-state index contributed by atoms with van der Waals surface area (Å²) in [5, 5.41) is 0. The third-order valence-electron chi connectivity index (χ3n) is 2.66. The number of nitrogens with two attached hydrogens (primary N) is 1. The largest absolute Gasteiger partial charge is 0.330 e. The molecule has 3 nitrogen and oxygen atoms in total. The molecule has 0 aliphatic rings. The maximum absolute atomic E-state index is 5.74. The van der Waals surface area contributed by atoms with Crippen molar-refractivity contribution in [3.8, 4) is 0 Å². The first-order chi connectivity index (χ1) is 6.07. The van der Waals surface area contributed by atoms with Gasteiger partial charge in [0.1, 0.15) is 0 Å². The molecule has 74 valence electrons. The topological polar surface area (TPSA) is 43.8 Å². The van der Waals surface area contributed by atoms with Crippen molar-refractivity contribution in [1.82, 2.24) is 9.55 Å². The van der Waals surface area contributed by atoms with Crippen LogP contribution in [-0.2, 0) is 0 Å². The summed E-state index contributed by atoms with van der Waals surface area (Å²) in [4.78, 5) is 4.27. The molecule has 13 heavy (non-hydrogen) atoms. The Hall–Kier alpha value is -0.830. The Morgan fingerprint density at radius 3 is 2.38 bits per heavy atom. The fourth-order valence-electron chi connectivity index (χ4n) is 1.56. The smallest absolute Gasteiger partial charge is 0.0954 e. The van der Waals surface area contributed by atoms with E-state index in [2.05, 4.69) is 30.3 Å². The summed E-state index contributed by atoms with van der Waals surface area (Å²) in [6, 6.07) is 0.376. The van der Waals surface area contributed by atoms with E-state index in [0.717, 1.165) is 5.69 Å². The van der Waals surface area contributed by atoms with Crippen LogP contribution in [0.1, 0.15) is 31.3 Å². The molecule has 1 aromatic rings. The van der Waals surface area contributed by atoms with E-state index in [9.17, 15) is 0 Å². The molecule has 0 spiro atoms. The van der Waals surface area contributed by atoms with Crippen molar-refractivity contribution in [3.05, 3.63) is 17.7 Å². The Morgan fingerprint density at radius 1 is 1.46 bits per heavy atom. The average molecular weight is 181 g/mol. The normalized spacial score (nSPS) is 13.7. The fourth-order valence-corrected chi connectivity index (χ4v) is 1.56. The summed E-state index contributed by atoms with van der Waals surface area (Å²) < 4.78 is 2.18. The van der Waals surface area contributed by atoms with Gasteiger partial charge >= 0.3 is 0 Å². The number of nitrogens with zero attached hydrogens (tertiary/aromatic N) is 2. The summed E-state index contributed by atoms with van der Waals surface area (Å²) in [5.74, 6) is 0.553. The van der Waals surface area contributed by atoms with Crippen molar-refractivity contribution in [2.75, 3.05) is 6.54 Å². The number of hydrogen-bond acceptors (Lipinski definition) is 2. The van der Waals surface area contributed by atoms with Gasteiger partial charge in [-0.2, -0.15) is 0 Å². The standard InChI is InChI=1S/C10H19N3/c1-7(2)10(5-11)13-6-12-8(3)9(13)4/h6-7,10H,5,11H2,1-4H3. The third kappa shape index (κ3) is 1.91. The Morgan fingerprint density at radius 2 is 2.08 bits per heavy atom. The Labute approximate surface area is 80.0 Å². The van der Waals surface area contributed by atoms with Crippen LogP contribution in [-0.4, -0.2) is 16.1 Å². The fraction of sp³-hybridized carbons (Fsp3) is 0.700. The molecule has 1 unspecified atom stereocenters. The minimum Gasteiger partial charge on any atom is -0.330 e. The molecule has 0 saturated heterocycles. The lowest BCUT2D eigenvalue weighted by Crippen LogP contribution is -2.24. The van der Waals surface area contributed by atoms with E-state index in [1.54, 1.807) is 0 Å². The minimum absolute atomic E-state index is 0.376. The van der Waals surface area contributed by atoms with Crippen molar-refractivity contribution >= 4 is 0 Å². The number of imidazole rings is 1. The number of aryl methyl sites for hydroxylation is 1. The van der Waals surface area contributed by atoms with Gasteiger partial charge in [0.15, 0.2) is 0 Å². The van der Waals surface area contributed by atoms with Gasteiger partial charge in [-0.1, -0.05) is 13.8 Å². The Kier molecular flexibility index (Phi) is 3.09. The van der Waals surface area contributed by atoms with Crippen LogP contribution >= 0.6 is 0 Å². The van der Waals surface area contributed by atoms with E-state index in [-0.39, 0.29) is 0 Å². The second kappa shape index (κ2) is 3.92. The van der Waals surface area contributed by atoms with Crippen LogP contribution in [0.3, 0.4) is 0 Å². The third-order valence-corrected chi connectivity index (χ3v) is 2.66. The summed E-state index contributed by atoms with van der Waals surface area (Å²) in [5.41, 5.74) is 8.06. The van der Waals surface area contributed by atoms with Crippen LogP contribution in [0, 0.1) is 19.8 Å². The lowest BCUT2D eigenvalue weighted by molar-refractivity contribution is 0.379. The molecule has 1 heterocycles. The molecule has 0 aromatic carbocycles. The molecule has 1 atom stereocenters. The van der Waals surface area contributed by atoms with E-state index < -0.39 is 0 Å². The zero-order chi connectivity index (χ0) is 10.0. The van der Waals surface area contributed by atoms with Gasteiger partial charge in [0, 0.05) is 18.3 Å². The van der Waals surface area contributed by atoms with Crippen LogP contribution in [0.15, 0.2) is 6.33 Å². The predicted octanol–water partition coefficient (Wildman–Crippen LogP) is 1.66. The highest BCUT2D eigenvalue weighted by Gasteiger charge is 2.15. The first-order valence-electron chi connectivity index (χ1n) is 4.78. The average Bonchev–Trinajstić information content (AvgIpc) is 2.37. The number of aromatic nitrogens is 2. The first-order valence-corrected chi connectivity index (χ1v) is 4.78. The minimum atomic E-state index is 0.376. The van der Waals surface area contributed by atoms with E-state index in [1.807, 2.05) is 13.3 Å². The highest BCUT2D eigenvalue weighted by atomic mass is 15.1. The molecule has 3 heteroatoms. The molecule has 0 amide bonds. The monoisotopic (exact) mass is 181 g/mol. The first kappa shape index (κ1) is 10.3. The molecule has 2 N–H and O–H groups in total. The zero-order valence-corrected chi connectivity index (χ0v) is 8.91. The van der Waals surface area contributed by atoms with Gasteiger partial charge in [0.25, 0.3) is 0 Å². The van der Waals surface area contributed by atoms with Gasteiger partial charge in [-0.05, 0) is 19.8 Å². The molecule has 0 saturated carbocycles. The van der Waals surface area contributed by atoms with E-state index in [0.29, 0.717) is 18.5 Å².